The summed E-state index contributed by atoms with van der Waals surface area (Å²) < 4.78 is 1.06. The van der Waals surface area contributed by atoms with Crippen LogP contribution in [0.15, 0.2) is 59.2 Å². The number of H-pyrrole nitrogens is 1. The first kappa shape index (κ1) is 21.6. The third kappa shape index (κ3) is 3.67. The fourth-order valence-corrected chi connectivity index (χ4v) is 5.15. The van der Waals surface area contributed by atoms with Gasteiger partial charge in [-0.25, -0.2) is 9.78 Å². The Morgan fingerprint density at radius 3 is 2.19 bits per heavy atom. The highest BCUT2D eigenvalue weighted by Crippen LogP contribution is 2.52. The molecule has 31 heavy (non-hydrogen) atoms. The maximum absolute atomic E-state index is 12.2. The second-order valence-electron chi connectivity index (χ2n) is 9.38. The Bertz CT molecular complexity index is 1080. The molecule has 3 aromatic rings. The Balaban J connectivity index is 1.70. The third-order valence-corrected chi connectivity index (χ3v) is 7.09. The molecule has 4 rings (SSSR count). The fourth-order valence-electron chi connectivity index (χ4n) is 4.88. The van der Waals surface area contributed by atoms with Crippen molar-refractivity contribution in [1.82, 2.24) is 14.9 Å². The van der Waals surface area contributed by atoms with Crippen molar-refractivity contribution in [2.24, 2.45) is 5.41 Å². The number of nitrogens with zero attached hydrogens (tertiary/aromatic N) is 2. The molecule has 1 fully saturated rings. The summed E-state index contributed by atoms with van der Waals surface area (Å²) in [6, 6.07) is 16.5. The summed E-state index contributed by atoms with van der Waals surface area (Å²) in [5, 5.41) is 10.0. The number of aromatic nitrogens is 2. The van der Waals surface area contributed by atoms with Crippen molar-refractivity contribution in [3.05, 3.63) is 65.0 Å². The van der Waals surface area contributed by atoms with E-state index in [4.69, 9.17) is 4.98 Å². The van der Waals surface area contributed by atoms with E-state index in [1.165, 1.54) is 0 Å². The number of rotatable bonds is 3. The number of benzene rings is 2. The molecule has 0 saturated carbocycles. The number of likely N-dealkylation sites (tertiary alicyclic amines) is 1. The topological polar surface area (TPSA) is 69.2 Å². The van der Waals surface area contributed by atoms with E-state index in [1.807, 2.05) is 25.3 Å². The number of nitrogens with one attached hydrogen (secondary N) is 1. The second kappa shape index (κ2) is 7.83. The maximum Gasteiger partial charge on any atom is 0.408 e. The van der Waals surface area contributed by atoms with Crippen LogP contribution < -0.4 is 0 Å². The van der Waals surface area contributed by atoms with Gasteiger partial charge in [-0.15, -0.1) is 0 Å². The molecule has 2 atom stereocenters. The van der Waals surface area contributed by atoms with Gasteiger partial charge in [-0.1, -0.05) is 73.1 Å². The highest BCUT2D eigenvalue weighted by atomic mass is 79.9. The van der Waals surface area contributed by atoms with Crippen LogP contribution in [0.2, 0.25) is 0 Å². The molecule has 2 heterocycles. The summed E-state index contributed by atoms with van der Waals surface area (Å²) in [7, 11) is 0. The lowest BCUT2D eigenvalue weighted by Gasteiger charge is -2.46. The van der Waals surface area contributed by atoms with Gasteiger partial charge in [0.15, 0.2) is 0 Å². The predicted octanol–water partition coefficient (Wildman–Crippen LogP) is 6.91. The van der Waals surface area contributed by atoms with Crippen molar-refractivity contribution in [3.63, 3.8) is 0 Å². The van der Waals surface area contributed by atoms with Crippen LogP contribution in [-0.2, 0) is 5.54 Å². The van der Waals surface area contributed by atoms with Crippen LogP contribution in [0.4, 0.5) is 4.79 Å². The van der Waals surface area contributed by atoms with Crippen molar-refractivity contribution in [2.75, 3.05) is 0 Å². The first-order chi connectivity index (χ1) is 14.6. The minimum absolute atomic E-state index is 0.0459. The Hall–Kier alpha value is -2.60. The first-order valence-corrected chi connectivity index (χ1v) is 11.4. The Morgan fingerprint density at radius 1 is 1.10 bits per heavy atom. The number of hydrogen-bond donors (Lipinski definition) is 2. The van der Waals surface area contributed by atoms with Crippen LogP contribution in [0.3, 0.4) is 0 Å². The smallest absolute Gasteiger partial charge is 0.408 e. The van der Waals surface area contributed by atoms with Gasteiger partial charge in [0.1, 0.15) is 11.4 Å². The fraction of sp³-hybridized carbons (Fsp3) is 0.360. The van der Waals surface area contributed by atoms with Crippen molar-refractivity contribution in [3.8, 4) is 22.4 Å². The summed E-state index contributed by atoms with van der Waals surface area (Å²) >= 11 is 3.47. The van der Waals surface area contributed by atoms with Gasteiger partial charge in [0.25, 0.3) is 0 Å². The van der Waals surface area contributed by atoms with Crippen molar-refractivity contribution in [2.45, 2.75) is 52.1 Å². The number of carboxylic acid groups (broad SMARTS) is 1. The minimum Gasteiger partial charge on any atom is -0.465 e. The summed E-state index contributed by atoms with van der Waals surface area (Å²) in [6.07, 6.45) is 2.50. The van der Waals surface area contributed by atoms with Crippen LogP contribution in [0, 0.1) is 5.41 Å². The molecule has 1 aliphatic heterocycles. The summed E-state index contributed by atoms with van der Waals surface area (Å²) in [5.41, 5.74) is 3.22. The lowest BCUT2D eigenvalue weighted by molar-refractivity contribution is 0.00746. The molecule has 5 nitrogen and oxygen atoms in total. The Morgan fingerprint density at radius 2 is 1.65 bits per heavy atom. The van der Waals surface area contributed by atoms with Crippen LogP contribution in [-0.4, -0.2) is 32.1 Å². The molecule has 1 aliphatic rings. The highest BCUT2D eigenvalue weighted by molar-refractivity contribution is 9.10. The number of carbonyl (C=O) groups is 1. The van der Waals surface area contributed by atoms with Gasteiger partial charge >= 0.3 is 6.09 Å². The first-order valence-electron chi connectivity index (χ1n) is 10.6. The van der Waals surface area contributed by atoms with Crippen LogP contribution in [0.5, 0.6) is 0 Å². The van der Waals surface area contributed by atoms with E-state index < -0.39 is 11.6 Å². The molecule has 0 unspecified atom stereocenters. The number of amides is 1. The van der Waals surface area contributed by atoms with Gasteiger partial charge < -0.3 is 10.1 Å². The molecule has 2 aromatic carbocycles. The molecule has 0 radical (unpaired) electrons. The summed E-state index contributed by atoms with van der Waals surface area (Å²) in [5.74, 6) is 0.721. The van der Waals surface area contributed by atoms with Crippen LogP contribution >= 0.6 is 15.9 Å². The summed E-state index contributed by atoms with van der Waals surface area (Å²) in [6.45, 7) is 8.26. The van der Waals surface area contributed by atoms with Gasteiger partial charge in [-0.3, -0.25) is 4.90 Å². The SMILES string of the molecule is C[C@H]1CC[C@@](c2ncc(-c3ccc(-c4ccc(Br)cc4)cc3)[nH]2)(C(C)(C)C)N1C(=O)O. The Kier molecular flexibility index (Phi) is 5.46. The molecular weight excluding hydrogens is 454 g/mol. The van der Waals surface area contributed by atoms with Crippen molar-refractivity contribution in [1.29, 1.82) is 0 Å². The average molecular weight is 482 g/mol. The van der Waals surface area contributed by atoms with E-state index in [9.17, 15) is 9.90 Å². The van der Waals surface area contributed by atoms with Gasteiger partial charge in [0.05, 0.1) is 11.9 Å². The number of hydrogen-bond acceptors (Lipinski definition) is 2. The molecule has 6 heteroatoms. The standard InChI is InChI=1S/C25H28BrN3O2/c1-16-13-14-25(24(2,3)4,29(16)23(30)31)22-27-15-21(28-22)19-7-5-17(6-8-19)18-9-11-20(26)12-10-18/h5-12,15-16H,13-14H2,1-4H3,(H,27,28)(H,30,31)/t16-,25+/m0/s1. The van der Waals surface area contributed by atoms with Gasteiger partial charge in [0, 0.05) is 10.5 Å². The number of imidazole rings is 1. The highest BCUT2D eigenvalue weighted by Gasteiger charge is 2.57. The van der Waals surface area contributed by atoms with E-state index in [2.05, 4.69) is 78.1 Å². The quantitative estimate of drug-likeness (QED) is 0.426. The monoisotopic (exact) mass is 481 g/mol. The van der Waals surface area contributed by atoms with Gasteiger partial charge in [0.2, 0.25) is 0 Å². The zero-order valence-corrected chi connectivity index (χ0v) is 19.9. The normalized spacial score (nSPS) is 21.5. The summed E-state index contributed by atoms with van der Waals surface area (Å²) in [4.78, 5) is 22.0. The van der Waals surface area contributed by atoms with E-state index in [1.54, 1.807) is 4.90 Å². The van der Waals surface area contributed by atoms with Crippen LogP contribution in [0.25, 0.3) is 22.4 Å². The Labute approximate surface area is 191 Å². The lowest BCUT2D eigenvalue weighted by atomic mass is 9.71. The third-order valence-electron chi connectivity index (χ3n) is 6.56. The zero-order valence-electron chi connectivity index (χ0n) is 18.3. The lowest BCUT2D eigenvalue weighted by Crippen LogP contribution is -2.55. The van der Waals surface area contributed by atoms with E-state index in [0.717, 1.165) is 45.5 Å². The molecule has 0 bridgehead atoms. The largest absolute Gasteiger partial charge is 0.465 e. The van der Waals surface area contributed by atoms with Crippen molar-refractivity contribution >= 4 is 22.0 Å². The molecule has 1 amide bonds. The zero-order chi connectivity index (χ0) is 22.4. The van der Waals surface area contributed by atoms with Crippen LogP contribution in [0.1, 0.15) is 46.4 Å². The predicted molar refractivity (Wildman–Crippen MR) is 127 cm³/mol. The number of halogens is 1. The molecule has 2 N–H and O–H groups in total. The number of aromatic amines is 1. The van der Waals surface area contributed by atoms with Crippen molar-refractivity contribution < 1.29 is 9.90 Å². The average Bonchev–Trinajstić information content (AvgIpc) is 3.34. The van der Waals surface area contributed by atoms with Gasteiger partial charge in [-0.2, -0.15) is 0 Å². The second-order valence-corrected chi connectivity index (χ2v) is 10.3. The molecule has 0 spiro atoms. The molecule has 1 saturated heterocycles. The molecule has 0 aliphatic carbocycles. The minimum atomic E-state index is -0.892. The van der Waals surface area contributed by atoms with E-state index in [0.29, 0.717) is 0 Å². The molecule has 162 valence electrons. The van der Waals surface area contributed by atoms with Gasteiger partial charge in [-0.05, 0) is 54.0 Å². The van der Waals surface area contributed by atoms with E-state index >= 15 is 0 Å². The maximum atomic E-state index is 12.2. The molecule has 1 aromatic heterocycles. The van der Waals surface area contributed by atoms with E-state index in [-0.39, 0.29) is 11.5 Å². The molecular formula is C25H28BrN3O2.